The van der Waals surface area contributed by atoms with Crippen LogP contribution in [0.25, 0.3) is 0 Å². The third-order valence-corrected chi connectivity index (χ3v) is 5.56. The summed E-state index contributed by atoms with van der Waals surface area (Å²) in [6, 6.07) is 0. The topological polar surface area (TPSA) is 20.2 Å². The Hall–Kier alpha value is -0.300. The second-order valence-electron chi connectivity index (χ2n) is 6.97. The molecule has 0 aromatic carbocycles. The molecule has 1 nitrogen and oxygen atoms in total. The lowest BCUT2D eigenvalue weighted by Crippen LogP contribution is -2.36. The fraction of sp³-hybridized carbons (Fsp3) is 0.889. The molecule has 1 aliphatic carbocycles. The van der Waals surface area contributed by atoms with E-state index in [2.05, 4.69) is 34.3 Å². The van der Waals surface area contributed by atoms with Crippen molar-refractivity contribution in [3.8, 4) is 0 Å². The molecule has 0 aromatic rings. The summed E-state index contributed by atoms with van der Waals surface area (Å²) in [7, 11) is 0. The third-order valence-electron chi connectivity index (χ3n) is 5.56. The average molecular weight is 266 g/mol. The largest absolute Gasteiger partial charge is 0.396 e. The lowest BCUT2D eigenvalue weighted by atomic mass is 9.65. The minimum atomic E-state index is 0.0368. The highest BCUT2D eigenvalue weighted by molar-refractivity contribution is 5.03. The first-order valence-electron chi connectivity index (χ1n) is 8.28. The number of aliphatic hydroxyl groups is 1. The van der Waals surface area contributed by atoms with Crippen molar-refractivity contribution in [2.75, 3.05) is 6.61 Å². The van der Waals surface area contributed by atoms with Gasteiger partial charge in [0.15, 0.2) is 0 Å². The fourth-order valence-electron chi connectivity index (χ4n) is 4.30. The molecule has 0 aliphatic heterocycles. The van der Waals surface area contributed by atoms with E-state index in [1.54, 1.807) is 0 Å². The summed E-state index contributed by atoms with van der Waals surface area (Å²) >= 11 is 0. The van der Waals surface area contributed by atoms with Gasteiger partial charge in [0.05, 0.1) is 0 Å². The van der Waals surface area contributed by atoms with Crippen molar-refractivity contribution in [1.82, 2.24) is 0 Å². The minimum absolute atomic E-state index is 0.0368. The van der Waals surface area contributed by atoms with Gasteiger partial charge in [0.25, 0.3) is 0 Å². The van der Waals surface area contributed by atoms with Gasteiger partial charge in [0, 0.05) is 6.61 Å². The van der Waals surface area contributed by atoms with Crippen LogP contribution in [0.3, 0.4) is 0 Å². The van der Waals surface area contributed by atoms with Gasteiger partial charge in [-0.2, -0.15) is 0 Å². The first-order valence-corrected chi connectivity index (χ1v) is 8.28. The average Bonchev–Trinajstić information content (AvgIpc) is 2.45. The fourth-order valence-corrected chi connectivity index (χ4v) is 4.30. The van der Waals surface area contributed by atoms with E-state index in [1.165, 1.54) is 37.7 Å². The van der Waals surface area contributed by atoms with Crippen LogP contribution >= 0.6 is 0 Å². The van der Waals surface area contributed by atoms with Gasteiger partial charge in [-0.15, -0.1) is 0 Å². The molecule has 0 amide bonds. The number of rotatable bonds is 4. The van der Waals surface area contributed by atoms with E-state index in [0.717, 1.165) is 24.7 Å². The van der Waals surface area contributed by atoms with E-state index in [-0.39, 0.29) is 5.41 Å². The number of hydrogen-bond acceptors (Lipinski definition) is 1. The van der Waals surface area contributed by atoms with Crippen LogP contribution in [0.1, 0.15) is 72.6 Å². The zero-order valence-electron chi connectivity index (χ0n) is 13.5. The van der Waals surface area contributed by atoms with Crippen molar-refractivity contribution in [2.45, 2.75) is 72.6 Å². The lowest BCUT2D eigenvalue weighted by Gasteiger charge is -2.41. The summed E-state index contributed by atoms with van der Waals surface area (Å²) in [5.74, 6) is 2.24. The van der Waals surface area contributed by atoms with E-state index >= 15 is 0 Å². The minimum Gasteiger partial charge on any atom is -0.396 e. The standard InChI is InChI=1S/C18H34O/c1-6-15-10-9-14(4)12-18(5,13-19)17(8-3)16(7-2)11-15/h15-17,19H,4,6-13H2,1-3,5H3. The third kappa shape index (κ3) is 4.08. The zero-order chi connectivity index (χ0) is 14.5. The van der Waals surface area contributed by atoms with Crippen LogP contribution < -0.4 is 0 Å². The second-order valence-corrected chi connectivity index (χ2v) is 6.97. The lowest BCUT2D eigenvalue weighted by molar-refractivity contribution is 0.0341. The Balaban J connectivity index is 3.03. The molecular formula is C18H34O. The molecule has 1 saturated carbocycles. The molecule has 0 saturated heterocycles. The van der Waals surface area contributed by atoms with Crippen LogP contribution in [0.15, 0.2) is 12.2 Å². The summed E-state index contributed by atoms with van der Waals surface area (Å²) in [5, 5.41) is 9.97. The second kappa shape index (κ2) is 7.47. The van der Waals surface area contributed by atoms with Crippen molar-refractivity contribution in [3.63, 3.8) is 0 Å². The molecule has 1 fully saturated rings. The van der Waals surface area contributed by atoms with E-state index in [0.29, 0.717) is 12.5 Å². The molecule has 1 heteroatoms. The Kier molecular flexibility index (Phi) is 6.59. The predicted molar refractivity (Wildman–Crippen MR) is 84.1 cm³/mol. The first-order chi connectivity index (χ1) is 9.00. The molecule has 1 aliphatic rings. The highest BCUT2D eigenvalue weighted by atomic mass is 16.3. The van der Waals surface area contributed by atoms with E-state index in [1.807, 2.05) is 0 Å². The molecule has 19 heavy (non-hydrogen) atoms. The molecule has 112 valence electrons. The maximum atomic E-state index is 9.97. The highest BCUT2D eigenvalue weighted by Crippen LogP contribution is 2.46. The predicted octanol–water partition coefficient (Wildman–Crippen LogP) is 5.19. The maximum Gasteiger partial charge on any atom is 0.0490 e. The summed E-state index contributed by atoms with van der Waals surface area (Å²) in [6.07, 6.45) is 8.51. The van der Waals surface area contributed by atoms with E-state index < -0.39 is 0 Å². The van der Waals surface area contributed by atoms with E-state index in [4.69, 9.17) is 0 Å². The van der Waals surface area contributed by atoms with Gasteiger partial charge in [-0.05, 0) is 48.9 Å². The molecule has 0 radical (unpaired) electrons. The Labute approximate surface area is 120 Å². The van der Waals surface area contributed by atoms with Crippen LogP contribution in [0, 0.1) is 23.2 Å². The van der Waals surface area contributed by atoms with Crippen LogP contribution in [0.4, 0.5) is 0 Å². The Morgan fingerprint density at radius 3 is 2.37 bits per heavy atom. The van der Waals surface area contributed by atoms with Gasteiger partial charge >= 0.3 is 0 Å². The number of aliphatic hydroxyl groups excluding tert-OH is 1. The normalized spacial score (nSPS) is 37.5. The molecule has 0 bridgehead atoms. The summed E-state index contributed by atoms with van der Waals surface area (Å²) in [5.41, 5.74) is 1.39. The Morgan fingerprint density at radius 2 is 1.89 bits per heavy atom. The molecule has 4 unspecified atom stereocenters. The van der Waals surface area contributed by atoms with Gasteiger partial charge in [-0.1, -0.05) is 59.1 Å². The highest BCUT2D eigenvalue weighted by Gasteiger charge is 2.38. The van der Waals surface area contributed by atoms with Crippen LogP contribution in [-0.2, 0) is 0 Å². The molecule has 0 aromatic heterocycles. The van der Waals surface area contributed by atoms with Gasteiger partial charge in [0.1, 0.15) is 0 Å². The molecule has 4 atom stereocenters. The van der Waals surface area contributed by atoms with Crippen molar-refractivity contribution in [2.24, 2.45) is 23.2 Å². The first kappa shape index (κ1) is 16.8. The molecule has 1 rings (SSSR count). The summed E-state index contributed by atoms with van der Waals surface area (Å²) in [6.45, 7) is 13.8. The monoisotopic (exact) mass is 266 g/mol. The molecular weight excluding hydrogens is 232 g/mol. The van der Waals surface area contributed by atoms with Gasteiger partial charge < -0.3 is 5.11 Å². The molecule has 1 N–H and O–H groups in total. The van der Waals surface area contributed by atoms with E-state index in [9.17, 15) is 5.11 Å². The Bertz CT molecular complexity index is 283. The molecule has 0 spiro atoms. The summed E-state index contributed by atoms with van der Waals surface area (Å²) < 4.78 is 0. The Morgan fingerprint density at radius 1 is 1.21 bits per heavy atom. The number of allylic oxidation sites excluding steroid dienone is 1. The van der Waals surface area contributed by atoms with Crippen molar-refractivity contribution in [1.29, 1.82) is 0 Å². The van der Waals surface area contributed by atoms with Gasteiger partial charge in [-0.3, -0.25) is 0 Å². The van der Waals surface area contributed by atoms with Gasteiger partial charge in [-0.25, -0.2) is 0 Å². The van der Waals surface area contributed by atoms with Crippen LogP contribution in [-0.4, -0.2) is 11.7 Å². The maximum absolute atomic E-state index is 9.97. The quantitative estimate of drug-likeness (QED) is 0.694. The van der Waals surface area contributed by atoms with Crippen LogP contribution in [0.2, 0.25) is 0 Å². The smallest absolute Gasteiger partial charge is 0.0490 e. The zero-order valence-corrected chi connectivity index (χ0v) is 13.5. The summed E-state index contributed by atoms with van der Waals surface area (Å²) in [4.78, 5) is 0. The molecule has 0 heterocycles. The van der Waals surface area contributed by atoms with Crippen molar-refractivity contribution in [3.05, 3.63) is 12.2 Å². The van der Waals surface area contributed by atoms with Gasteiger partial charge in [0.2, 0.25) is 0 Å². The van der Waals surface area contributed by atoms with Crippen LogP contribution in [0.5, 0.6) is 0 Å². The van der Waals surface area contributed by atoms with Crippen molar-refractivity contribution < 1.29 is 5.11 Å². The SMILES string of the molecule is C=C1CCC(CC)CC(CC)C(CC)C(C)(CO)C1. The number of hydrogen-bond donors (Lipinski definition) is 1. The van der Waals surface area contributed by atoms with Crippen molar-refractivity contribution >= 4 is 0 Å².